The molecule has 348 valence electrons. The number of nitrogens with one attached hydrogen (secondary N) is 4. The molecule has 0 radical (unpaired) electrons. The van der Waals surface area contributed by atoms with E-state index in [9.17, 15) is 24.3 Å². The summed E-state index contributed by atoms with van der Waals surface area (Å²) in [7, 11) is 2.93. The average Bonchev–Trinajstić information content (AvgIpc) is 4.20. The van der Waals surface area contributed by atoms with Gasteiger partial charge in [-0.3, -0.25) is 19.6 Å². The van der Waals surface area contributed by atoms with E-state index in [2.05, 4.69) is 31.2 Å². The molecule has 0 atom stereocenters. The van der Waals surface area contributed by atoms with Gasteiger partial charge in [0.25, 0.3) is 11.8 Å². The van der Waals surface area contributed by atoms with Gasteiger partial charge in [-0.25, -0.2) is 9.59 Å². The van der Waals surface area contributed by atoms with Crippen molar-refractivity contribution in [3.63, 3.8) is 0 Å². The van der Waals surface area contributed by atoms with Crippen molar-refractivity contribution in [1.29, 1.82) is 0 Å². The number of rotatable bonds is 10. The van der Waals surface area contributed by atoms with Crippen LogP contribution in [0, 0.1) is 0 Å². The summed E-state index contributed by atoms with van der Waals surface area (Å²) in [6.45, 7) is 4.90. The van der Waals surface area contributed by atoms with Gasteiger partial charge in [-0.1, -0.05) is 55.6 Å². The van der Waals surface area contributed by atoms with Crippen LogP contribution >= 0.6 is 34.8 Å². The first kappa shape index (κ1) is 54.5. The molecule has 9 N–H and O–H groups in total. The molecule has 67 heavy (non-hydrogen) atoms. The zero-order valence-electron chi connectivity index (χ0n) is 37.5. The maximum absolute atomic E-state index is 11.9. The van der Waals surface area contributed by atoms with Crippen LogP contribution in [0.25, 0.3) is 21.8 Å². The maximum atomic E-state index is 11.9. The summed E-state index contributed by atoms with van der Waals surface area (Å²) in [6, 6.07) is 19.1. The molecule has 2 aliphatic rings. The monoisotopic (exact) mass is 1000 g/mol. The number of pyridine rings is 2. The van der Waals surface area contributed by atoms with Crippen molar-refractivity contribution in [3.05, 3.63) is 111 Å². The van der Waals surface area contributed by atoms with Crippen molar-refractivity contribution in [3.8, 4) is 28.7 Å². The first-order valence-electron chi connectivity index (χ1n) is 20.2. The number of fused-ring (bicyclic) bond motifs is 2. The third kappa shape index (κ3) is 17.1. The van der Waals surface area contributed by atoms with Crippen LogP contribution in [0.5, 0.6) is 28.7 Å². The van der Waals surface area contributed by atoms with Crippen molar-refractivity contribution in [2.75, 3.05) is 24.9 Å². The second-order valence-electron chi connectivity index (χ2n) is 15.7. The Morgan fingerprint density at radius 1 is 0.657 bits per heavy atom. The molecular weight excluding hydrogens is 954 g/mol. The van der Waals surface area contributed by atoms with Gasteiger partial charge in [-0.2, -0.15) is 0 Å². The van der Waals surface area contributed by atoms with E-state index >= 15 is 0 Å². The largest absolute Gasteiger partial charge is 1.00 e. The van der Waals surface area contributed by atoms with Crippen LogP contribution in [0.1, 0.15) is 67.2 Å². The van der Waals surface area contributed by atoms with Crippen LogP contribution in [-0.4, -0.2) is 70.9 Å². The number of carbonyl (C=O) groups excluding carboxylic acids is 4. The third-order valence-corrected chi connectivity index (χ3v) is 9.96. The Morgan fingerprint density at radius 3 is 1.55 bits per heavy atom. The summed E-state index contributed by atoms with van der Waals surface area (Å²) in [5, 5.41) is 32.6. The first-order chi connectivity index (χ1) is 31.2. The zero-order chi connectivity index (χ0) is 48.3. The smallest absolute Gasteiger partial charge is 0.850 e. The van der Waals surface area contributed by atoms with Gasteiger partial charge in [-0.15, -0.1) is 5.60 Å². The molecule has 0 aliphatic heterocycles. The van der Waals surface area contributed by atoms with E-state index in [1.807, 2.05) is 0 Å². The topological polar surface area (TPSA) is 265 Å². The minimum absolute atomic E-state index is 0. The summed E-state index contributed by atoms with van der Waals surface area (Å²) >= 11 is 18.1. The molecule has 2 fully saturated rings. The van der Waals surface area contributed by atoms with Gasteiger partial charge in [0.05, 0.1) is 62.8 Å². The number of carbonyl (C=O) groups is 4. The van der Waals surface area contributed by atoms with E-state index in [0.717, 1.165) is 25.7 Å². The summed E-state index contributed by atoms with van der Waals surface area (Å²) in [5.74, 6) is 0.557. The third-order valence-electron chi connectivity index (χ3n) is 9.01. The number of phenols is 1. The number of phenolic OH excluding ortho intramolecular Hbond substituents is 1. The number of anilines is 2. The summed E-state index contributed by atoms with van der Waals surface area (Å²) in [5.41, 5.74) is 12.7. The Labute approximate surface area is 444 Å². The molecule has 21 heteroatoms. The van der Waals surface area contributed by atoms with Crippen molar-refractivity contribution < 1.29 is 95.0 Å². The van der Waals surface area contributed by atoms with E-state index in [4.69, 9.17) is 65.6 Å². The van der Waals surface area contributed by atoms with Crippen LogP contribution in [0.15, 0.2) is 85.2 Å². The van der Waals surface area contributed by atoms with Gasteiger partial charge in [0.1, 0.15) is 28.7 Å². The Balaban J connectivity index is 0.000000224. The summed E-state index contributed by atoms with van der Waals surface area (Å²) in [4.78, 5) is 54.7. The number of primary amides is 2. The van der Waals surface area contributed by atoms with E-state index in [1.54, 1.807) is 93.8 Å². The fraction of sp³-hybridized carbons (Fsp3) is 0.261. The molecule has 2 aliphatic carbocycles. The molecule has 2 aromatic heterocycles. The SMILES string of the molecule is CC(C)(C)[O-].COc1cc2nccc(Cl)c2cc1C(N)=O.COc1cc2nccc(Oc3ccc(NC(=O)NC4CC4)c(Cl)c3)c2cc1C(N)=O.O=C(Nc1ccc(O)cc1Cl)NC1CC1.[K+]. The molecule has 0 unspecified atom stereocenters. The Bertz CT molecular complexity index is 2750. The Hall–Kier alpha value is -5.15. The minimum Gasteiger partial charge on any atom is -0.850 e. The predicted octanol–water partition coefficient (Wildman–Crippen LogP) is 5.55. The average molecular weight is 1000 g/mol. The fourth-order valence-corrected chi connectivity index (χ4v) is 6.28. The number of nitrogens with two attached hydrogens (primary N) is 2. The van der Waals surface area contributed by atoms with Gasteiger partial charge in [0.15, 0.2) is 0 Å². The number of hydrogen-bond acceptors (Lipinski definition) is 11. The number of benzene rings is 4. The molecule has 8 rings (SSSR count). The van der Waals surface area contributed by atoms with Crippen LogP contribution in [0.2, 0.25) is 15.1 Å². The van der Waals surface area contributed by atoms with Crippen LogP contribution in [0.3, 0.4) is 0 Å². The molecule has 0 bridgehead atoms. The quantitative estimate of drug-likeness (QED) is 0.0661. The number of hydrogen-bond donors (Lipinski definition) is 7. The number of halogens is 3. The van der Waals surface area contributed by atoms with E-state index in [-0.39, 0.29) is 80.8 Å². The molecule has 2 heterocycles. The van der Waals surface area contributed by atoms with Crippen molar-refractivity contribution in [1.82, 2.24) is 20.6 Å². The van der Waals surface area contributed by atoms with Crippen molar-refractivity contribution >= 4 is 91.9 Å². The van der Waals surface area contributed by atoms with E-state index in [0.29, 0.717) is 82.9 Å². The van der Waals surface area contributed by atoms with Gasteiger partial charge in [0.2, 0.25) is 0 Å². The van der Waals surface area contributed by atoms with E-state index in [1.165, 1.54) is 26.4 Å². The molecule has 0 spiro atoms. The number of aromatic nitrogens is 2. The number of methoxy groups -OCH3 is 2. The Morgan fingerprint density at radius 2 is 1.10 bits per heavy atom. The van der Waals surface area contributed by atoms with Gasteiger partial charge in [0, 0.05) is 59.5 Å². The second kappa shape index (κ2) is 24.7. The number of ether oxygens (including phenoxy) is 3. The summed E-state index contributed by atoms with van der Waals surface area (Å²) in [6.07, 6.45) is 7.25. The minimum atomic E-state index is -0.750. The molecule has 4 aromatic carbocycles. The molecule has 0 saturated heterocycles. The molecule has 6 aromatic rings. The van der Waals surface area contributed by atoms with Gasteiger partial charge >= 0.3 is 63.4 Å². The normalized spacial score (nSPS) is 12.5. The van der Waals surface area contributed by atoms with Gasteiger partial charge < -0.3 is 57.2 Å². The van der Waals surface area contributed by atoms with Crippen molar-refractivity contribution in [2.24, 2.45) is 11.5 Å². The van der Waals surface area contributed by atoms with E-state index < -0.39 is 17.4 Å². The zero-order valence-corrected chi connectivity index (χ0v) is 42.9. The maximum Gasteiger partial charge on any atom is 1.00 e. The molecule has 17 nitrogen and oxygen atoms in total. The van der Waals surface area contributed by atoms with Crippen LogP contribution in [-0.2, 0) is 0 Å². The number of nitrogens with zero attached hydrogens (tertiary/aromatic N) is 2. The predicted molar refractivity (Wildman–Crippen MR) is 253 cm³/mol. The Kier molecular flexibility index (Phi) is 20.1. The standard InChI is InChI=1S/C21H19ClN4O4.C11H9ClN2O2.C10H11ClN2O2.C4H9O.K/c1-29-19-10-17-13(9-14(19)20(23)27)18(6-7-24-17)30-12-4-5-16(15(22)8-12)26-21(28)25-11-2-3-11;1-16-10-5-9-6(4-7(10)11(13)15)8(12)2-3-14-9;11-8-5-7(14)3-4-9(8)13-10(15)12-6-1-2-6;1-4(2,3)5;/h4-11H,2-3H2,1H3,(H2,23,27)(H2,25,26,28);2-5H,1H3,(H2,13,15);3-6,14H,1-2H2,(H2,12,13,15);1-3H3;/q;;;-1;+1. The first-order valence-corrected chi connectivity index (χ1v) is 21.4. The summed E-state index contributed by atoms with van der Waals surface area (Å²) < 4.78 is 16.3. The second-order valence-corrected chi connectivity index (χ2v) is 17.0. The molecular formula is C46H48Cl3KN8O9. The number of amides is 6. The van der Waals surface area contributed by atoms with Crippen molar-refractivity contribution in [2.45, 2.75) is 64.1 Å². The van der Waals surface area contributed by atoms with Crippen LogP contribution < -0.4 is 103 Å². The van der Waals surface area contributed by atoms with Gasteiger partial charge in [-0.05, 0) is 74.2 Å². The number of aromatic hydroxyl groups is 1. The van der Waals surface area contributed by atoms with Crippen LogP contribution in [0.4, 0.5) is 21.0 Å². The molecule has 6 amide bonds. The fourth-order valence-electron chi connectivity index (χ4n) is 5.64. The molecule has 2 saturated carbocycles. The number of urea groups is 2.